The van der Waals surface area contributed by atoms with Crippen molar-refractivity contribution in [2.75, 3.05) is 0 Å². The van der Waals surface area contributed by atoms with Crippen molar-refractivity contribution in [2.45, 2.75) is 0 Å². The van der Waals surface area contributed by atoms with Gasteiger partial charge in [-0.05, 0) is 0 Å². The molecule has 0 atom stereocenters. The van der Waals surface area contributed by atoms with Crippen LogP contribution >= 0.6 is 0 Å². The van der Waals surface area contributed by atoms with E-state index in [9.17, 15) is 0 Å². The van der Waals surface area contributed by atoms with Gasteiger partial charge in [-0.25, -0.2) is 0 Å². The Balaban J connectivity index is -0.0000000640. The minimum atomic E-state index is -6.17. The molecule has 0 aromatic carbocycles. The van der Waals surface area contributed by atoms with Gasteiger partial charge in [0, 0.05) is 0 Å². The van der Waals surface area contributed by atoms with Crippen LogP contribution in [0.25, 0.3) is 0 Å². The molecule has 0 heterocycles. The third-order valence-electron chi connectivity index (χ3n) is 2.37. The van der Waals surface area contributed by atoms with Crippen LogP contribution < -0.4 is 206 Å². The summed E-state index contributed by atoms with van der Waals surface area (Å²) in [5.74, 6) is 0. The van der Waals surface area contributed by atoms with E-state index in [1.165, 1.54) is 0 Å². The molecular formula is C12Fe2K4N12Ti. The van der Waals surface area contributed by atoms with Crippen LogP contribution in [0.15, 0.2) is 0 Å². The summed E-state index contributed by atoms with van der Waals surface area (Å²) in [4.78, 5) is 12.4. The van der Waals surface area contributed by atoms with E-state index in [2.05, 4.69) is 0 Å². The van der Waals surface area contributed by atoms with E-state index in [-0.39, 0.29) is 227 Å². The number of hydrogen-bond acceptors (Lipinski definition) is 12. The van der Waals surface area contributed by atoms with Crippen molar-refractivity contribution in [1.82, 2.24) is 0 Å². The Kier molecular flexibility index (Phi) is 25.9. The fourth-order valence-corrected chi connectivity index (χ4v) is 2.19. The van der Waals surface area contributed by atoms with Crippen molar-refractivity contribution in [2.24, 2.45) is 0 Å². The Morgan fingerprint density at radius 3 is 0.323 bits per heavy atom. The van der Waals surface area contributed by atoms with Gasteiger partial charge in [0.25, 0.3) is 0 Å². The maximum Gasteiger partial charge on any atom is 4.00 e. The Labute approximate surface area is 360 Å². The molecule has 0 aromatic heterocycles. The van der Waals surface area contributed by atoms with E-state index in [1.54, 1.807) is 0 Å². The van der Waals surface area contributed by atoms with Crippen LogP contribution in [0.3, 0.4) is 0 Å². The standard InChI is InChI=1S/12CN.2Fe.4K.Ti/c12*1-2;;;;;;;/q;;;;;;;;;;;;2*-4;4*+1;+4. The van der Waals surface area contributed by atoms with E-state index < -0.39 is 21.5 Å². The minimum Gasteiger partial charge on any atom is 1.00 e. The minimum absolute atomic E-state index is 0. The zero-order chi connectivity index (χ0) is 21.3. The first-order chi connectivity index (χ1) is 11.9. The molecule has 0 saturated carbocycles. The molecule has 0 aliphatic carbocycles. The van der Waals surface area contributed by atoms with Crippen LogP contribution in [-0.4, -0.2) is 0 Å². The molecular weight excluding hydrogens is 628 g/mol. The van der Waals surface area contributed by atoms with Gasteiger partial charge >= 0.3 is 371 Å². The zero-order valence-corrected chi connectivity index (χ0v) is 32.8. The van der Waals surface area contributed by atoms with Crippen molar-refractivity contribution in [3.8, 4) is 59.6 Å². The quantitative estimate of drug-likeness (QED) is 0.226. The second-order valence-corrected chi connectivity index (χ2v) is 14.8. The van der Waals surface area contributed by atoms with Crippen molar-refractivity contribution in [3.05, 3.63) is 0 Å². The first kappa shape index (κ1) is 50.1. The summed E-state index contributed by atoms with van der Waals surface area (Å²) in [7, 11) is -12.3. The monoisotopic (exact) mass is 628 g/mol. The maximum absolute atomic E-state index is 8.58. The summed E-state index contributed by atoms with van der Waals surface area (Å²) in [5.41, 5.74) is 0. The largest absolute Gasteiger partial charge is 4.00 e. The SMILES string of the molecule is N#[C][Fe-4]([C]#N)([C]#N)([C]#N)([C]#N)[C]#N.N#[C][Fe-4]([C]#N)([C]#N)([C]#N)([C]#N)[C]#N.[K+].[K+].[K+].[K+].[Ti+4]. The van der Waals surface area contributed by atoms with Gasteiger partial charge < -0.3 is 0 Å². The van der Waals surface area contributed by atoms with Crippen molar-refractivity contribution >= 4 is 0 Å². The summed E-state index contributed by atoms with van der Waals surface area (Å²) in [6.45, 7) is 0. The maximum atomic E-state index is 8.58. The van der Waals surface area contributed by atoms with Crippen LogP contribution in [-0.2, 0) is 43.2 Å². The summed E-state index contributed by atoms with van der Waals surface area (Å²) < 4.78 is 0. The fraction of sp³-hybridized carbons (Fsp3) is 0. The predicted octanol–water partition coefficient (Wildman–Crippen LogP) is -11.8. The third kappa shape index (κ3) is 7.58. The zero-order valence-electron chi connectivity index (χ0n) is 16.6. The van der Waals surface area contributed by atoms with Crippen LogP contribution in [0.1, 0.15) is 0 Å². The van der Waals surface area contributed by atoms with Gasteiger partial charge in [0.15, 0.2) is 0 Å². The van der Waals surface area contributed by atoms with E-state index in [0.29, 0.717) is 0 Å². The predicted molar refractivity (Wildman–Crippen MR) is 67.4 cm³/mol. The molecule has 0 fully saturated rings. The van der Waals surface area contributed by atoms with Crippen LogP contribution in [0.2, 0.25) is 0 Å². The molecule has 31 heavy (non-hydrogen) atoms. The molecule has 12 nitrogen and oxygen atoms in total. The Bertz CT molecular complexity index is 899. The summed E-state index contributed by atoms with van der Waals surface area (Å²) in [6.07, 6.45) is 0. The van der Waals surface area contributed by atoms with E-state index in [4.69, 9.17) is 63.1 Å². The number of rotatable bonds is 0. The van der Waals surface area contributed by atoms with Gasteiger partial charge in [0.05, 0.1) is 0 Å². The van der Waals surface area contributed by atoms with Crippen LogP contribution in [0.4, 0.5) is 0 Å². The molecule has 0 aliphatic heterocycles. The summed E-state index contributed by atoms with van der Waals surface area (Å²) in [6, 6.07) is 0. The number of nitriles is 12. The molecule has 0 rings (SSSR count). The van der Waals surface area contributed by atoms with Gasteiger partial charge in [-0.3, -0.25) is 0 Å². The van der Waals surface area contributed by atoms with Crippen LogP contribution in [0, 0.1) is 123 Å². The molecule has 0 bridgehead atoms. The molecule has 0 N–H and O–H groups in total. The van der Waals surface area contributed by atoms with E-state index in [0.717, 1.165) is 59.6 Å². The molecule has 0 saturated heterocycles. The molecule has 0 aliphatic rings. The number of nitrogens with zero attached hydrogens (tertiary/aromatic N) is 12. The Hall–Kier alpha value is 2.18. The van der Waals surface area contributed by atoms with Gasteiger partial charge in [-0.2, -0.15) is 0 Å². The summed E-state index contributed by atoms with van der Waals surface area (Å²) in [5, 5.41) is 103. The topological polar surface area (TPSA) is 285 Å². The normalized spacial score (nSPS) is 11.2. The smallest absolute Gasteiger partial charge is 1.00 e. The second kappa shape index (κ2) is 16.0. The first-order valence-corrected chi connectivity index (χ1v) is 11.4. The molecule has 0 amide bonds. The molecule has 132 valence electrons. The molecule has 0 aromatic rings. The summed E-state index contributed by atoms with van der Waals surface area (Å²) >= 11 is 0. The molecule has 0 spiro atoms. The Morgan fingerprint density at radius 2 is 0.323 bits per heavy atom. The second-order valence-electron chi connectivity index (χ2n) is 3.60. The average Bonchev–Trinajstić information content (AvgIpc) is 2.77. The van der Waals surface area contributed by atoms with Crippen molar-refractivity contribution in [1.29, 1.82) is 63.1 Å². The van der Waals surface area contributed by atoms with Gasteiger partial charge in [-0.15, -0.1) is 0 Å². The average molecular weight is 628 g/mol. The molecule has 19 heteroatoms. The van der Waals surface area contributed by atoms with Gasteiger partial charge in [-0.1, -0.05) is 0 Å². The Morgan fingerprint density at radius 1 is 0.258 bits per heavy atom. The third-order valence-corrected chi connectivity index (χ3v) is 9.78. The van der Waals surface area contributed by atoms with Crippen LogP contribution in [0.5, 0.6) is 0 Å². The molecule has 0 radical (unpaired) electrons. The van der Waals surface area contributed by atoms with Gasteiger partial charge in [0.1, 0.15) is 0 Å². The van der Waals surface area contributed by atoms with E-state index in [1.807, 2.05) is 0 Å². The van der Waals surface area contributed by atoms with Crippen molar-refractivity contribution in [3.63, 3.8) is 0 Å². The van der Waals surface area contributed by atoms with E-state index >= 15 is 0 Å². The fourth-order valence-electron chi connectivity index (χ4n) is 0.530. The molecule has 0 unspecified atom stereocenters. The first-order valence-electron chi connectivity index (χ1n) is 4.80. The number of hydrogen-bond donors (Lipinski definition) is 0. The van der Waals surface area contributed by atoms with Crippen molar-refractivity contribution < 1.29 is 249 Å². The van der Waals surface area contributed by atoms with Gasteiger partial charge in [0.2, 0.25) is 0 Å².